The maximum Gasteiger partial charge on any atom is 0.124 e. The summed E-state index contributed by atoms with van der Waals surface area (Å²) in [5.74, 6) is 1.13. The summed E-state index contributed by atoms with van der Waals surface area (Å²) in [7, 11) is 2.20. The summed E-state index contributed by atoms with van der Waals surface area (Å²) < 4.78 is 0. The number of piperazine rings is 1. The van der Waals surface area contributed by atoms with Gasteiger partial charge in [-0.05, 0) is 37.6 Å². The second kappa shape index (κ2) is 6.16. The number of hydrogen-bond acceptors (Lipinski definition) is 3. The Hall–Kier alpha value is -1.39. The van der Waals surface area contributed by atoms with Crippen LogP contribution >= 0.6 is 0 Å². The normalized spacial score (nSPS) is 19.2. The molecule has 2 aromatic rings. The number of likely N-dealkylation sites (N-methyl/N-ethyl adjacent to an activating group) is 1. The Balaban J connectivity index is 1.86. The van der Waals surface area contributed by atoms with Gasteiger partial charge in [0, 0.05) is 26.2 Å². The molecule has 1 aliphatic heterocycles. The van der Waals surface area contributed by atoms with Crippen LogP contribution in [0, 0.1) is 0 Å². The number of hydrogen-bond donors (Lipinski definition) is 1. The van der Waals surface area contributed by atoms with Crippen molar-refractivity contribution in [2.45, 2.75) is 32.7 Å². The molecule has 1 saturated heterocycles. The van der Waals surface area contributed by atoms with Crippen LogP contribution in [0.3, 0.4) is 0 Å². The molecule has 0 bridgehead atoms. The molecule has 1 aromatic carbocycles. The highest BCUT2D eigenvalue weighted by molar-refractivity contribution is 5.76. The highest BCUT2D eigenvalue weighted by Gasteiger charge is 2.24. The van der Waals surface area contributed by atoms with E-state index in [9.17, 15) is 0 Å². The SMILES string of the molecule is CCc1ccc2nc(C(CC)N3CCN(C)CC3)[nH]c2c1. The topological polar surface area (TPSA) is 35.2 Å². The van der Waals surface area contributed by atoms with Gasteiger partial charge in [-0.15, -0.1) is 0 Å². The minimum Gasteiger partial charge on any atom is -0.341 e. The van der Waals surface area contributed by atoms with Crippen LogP contribution in [0.2, 0.25) is 0 Å². The van der Waals surface area contributed by atoms with Gasteiger partial charge in [0.15, 0.2) is 0 Å². The van der Waals surface area contributed by atoms with Gasteiger partial charge in [-0.25, -0.2) is 4.98 Å². The first-order valence-electron chi connectivity index (χ1n) is 8.12. The highest BCUT2D eigenvalue weighted by atomic mass is 15.3. The molecule has 21 heavy (non-hydrogen) atoms. The van der Waals surface area contributed by atoms with Crippen molar-refractivity contribution >= 4 is 11.0 Å². The van der Waals surface area contributed by atoms with Crippen LogP contribution in [-0.2, 0) is 6.42 Å². The number of aromatic amines is 1. The van der Waals surface area contributed by atoms with Gasteiger partial charge in [0.05, 0.1) is 17.1 Å². The first-order chi connectivity index (χ1) is 10.2. The highest BCUT2D eigenvalue weighted by Crippen LogP contribution is 2.25. The summed E-state index contributed by atoms with van der Waals surface area (Å²) in [6.45, 7) is 9.01. The van der Waals surface area contributed by atoms with Gasteiger partial charge in [0.1, 0.15) is 5.82 Å². The summed E-state index contributed by atoms with van der Waals surface area (Å²) in [6, 6.07) is 6.98. The lowest BCUT2D eigenvalue weighted by Crippen LogP contribution is -2.46. The third-order valence-electron chi connectivity index (χ3n) is 4.65. The lowest BCUT2D eigenvalue weighted by molar-refractivity contribution is 0.105. The molecule has 114 valence electrons. The molecule has 0 aliphatic carbocycles. The van der Waals surface area contributed by atoms with Crippen LogP contribution in [0.25, 0.3) is 11.0 Å². The average molecular weight is 286 g/mol. The van der Waals surface area contributed by atoms with E-state index < -0.39 is 0 Å². The Morgan fingerprint density at radius 1 is 1.19 bits per heavy atom. The van der Waals surface area contributed by atoms with Crippen molar-refractivity contribution in [1.29, 1.82) is 0 Å². The van der Waals surface area contributed by atoms with E-state index in [1.807, 2.05) is 0 Å². The molecule has 0 radical (unpaired) electrons. The van der Waals surface area contributed by atoms with E-state index in [2.05, 4.69) is 53.9 Å². The molecule has 1 unspecified atom stereocenters. The van der Waals surface area contributed by atoms with Crippen molar-refractivity contribution in [3.63, 3.8) is 0 Å². The first-order valence-corrected chi connectivity index (χ1v) is 8.12. The number of benzene rings is 1. The predicted molar refractivity (Wildman–Crippen MR) is 87.6 cm³/mol. The number of rotatable bonds is 4. The number of nitrogens with one attached hydrogen (secondary N) is 1. The second-order valence-electron chi connectivity index (χ2n) is 6.09. The van der Waals surface area contributed by atoms with Crippen molar-refractivity contribution in [3.05, 3.63) is 29.6 Å². The Morgan fingerprint density at radius 3 is 2.62 bits per heavy atom. The van der Waals surface area contributed by atoms with Crippen LogP contribution in [0.5, 0.6) is 0 Å². The minimum atomic E-state index is 0.413. The van der Waals surface area contributed by atoms with Gasteiger partial charge in [0.2, 0.25) is 0 Å². The number of aromatic nitrogens is 2. The van der Waals surface area contributed by atoms with E-state index in [0.29, 0.717) is 6.04 Å². The predicted octanol–water partition coefficient (Wildman–Crippen LogP) is 2.82. The quantitative estimate of drug-likeness (QED) is 0.938. The third-order valence-corrected chi connectivity index (χ3v) is 4.65. The molecule has 0 spiro atoms. The molecule has 0 amide bonds. The maximum atomic E-state index is 4.84. The van der Waals surface area contributed by atoms with Gasteiger partial charge >= 0.3 is 0 Å². The zero-order valence-corrected chi connectivity index (χ0v) is 13.4. The van der Waals surface area contributed by atoms with Gasteiger partial charge in [0.25, 0.3) is 0 Å². The first kappa shape index (κ1) is 14.5. The number of H-pyrrole nitrogens is 1. The molecular formula is C17H26N4. The fraction of sp³-hybridized carbons (Fsp3) is 0.588. The van der Waals surface area contributed by atoms with Crippen LogP contribution in [0.4, 0.5) is 0 Å². The molecule has 1 aromatic heterocycles. The van der Waals surface area contributed by atoms with Crippen LogP contribution in [0.1, 0.15) is 37.7 Å². The molecule has 1 atom stereocenters. The van der Waals surface area contributed by atoms with Crippen molar-refractivity contribution < 1.29 is 0 Å². The molecular weight excluding hydrogens is 260 g/mol. The minimum absolute atomic E-state index is 0.413. The monoisotopic (exact) mass is 286 g/mol. The molecule has 4 heteroatoms. The summed E-state index contributed by atoms with van der Waals surface area (Å²) in [5.41, 5.74) is 3.64. The van der Waals surface area contributed by atoms with E-state index in [0.717, 1.165) is 50.4 Å². The zero-order chi connectivity index (χ0) is 14.8. The van der Waals surface area contributed by atoms with E-state index in [1.54, 1.807) is 0 Å². The van der Waals surface area contributed by atoms with Crippen molar-refractivity contribution in [2.75, 3.05) is 33.2 Å². The smallest absolute Gasteiger partial charge is 0.124 e. The van der Waals surface area contributed by atoms with Crippen LogP contribution < -0.4 is 0 Å². The largest absolute Gasteiger partial charge is 0.341 e. The van der Waals surface area contributed by atoms with E-state index in [4.69, 9.17) is 4.98 Å². The lowest BCUT2D eigenvalue weighted by atomic mass is 10.1. The summed E-state index contributed by atoms with van der Waals surface area (Å²) in [6.07, 6.45) is 2.17. The van der Waals surface area contributed by atoms with E-state index in [1.165, 1.54) is 11.1 Å². The summed E-state index contributed by atoms with van der Waals surface area (Å²) >= 11 is 0. The molecule has 0 saturated carbocycles. The number of fused-ring (bicyclic) bond motifs is 1. The standard InChI is InChI=1S/C17H26N4/c1-4-13-6-7-14-15(12-13)19-17(18-14)16(5-2)21-10-8-20(3)9-11-21/h6-7,12,16H,4-5,8-11H2,1-3H3,(H,18,19). The molecule has 1 fully saturated rings. The van der Waals surface area contributed by atoms with E-state index >= 15 is 0 Å². The number of aryl methyl sites for hydroxylation is 1. The molecule has 4 nitrogen and oxygen atoms in total. The fourth-order valence-electron chi connectivity index (χ4n) is 3.21. The summed E-state index contributed by atoms with van der Waals surface area (Å²) in [5, 5.41) is 0. The van der Waals surface area contributed by atoms with Crippen molar-refractivity contribution in [2.24, 2.45) is 0 Å². The molecule has 3 rings (SSSR count). The Morgan fingerprint density at radius 2 is 1.95 bits per heavy atom. The van der Waals surface area contributed by atoms with Crippen LogP contribution in [0.15, 0.2) is 18.2 Å². The second-order valence-corrected chi connectivity index (χ2v) is 6.09. The summed E-state index contributed by atoms with van der Waals surface area (Å²) in [4.78, 5) is 13.4. The van der Waals surface area contributed by atoms with Gasteiger partial charge in [-0.3, -0.25) is 4.90 Å². The Bertz CT molecular complexity index is 596. The Kier molecular flexibility index (Phi) is 4.27. The van der Waals surface area contributed by atoms with Gasteiger partial charge < -0.3 is 9.88 Å². The zero-order valence-electron chi connectivity index (χ0n) is 13.4. The number of imidazole rings is 1. The number of nitrogens with zero attached hydrogens (tertiary/aromatic N) is 3. The van der Waals surface area contributed by atoms with Crippen molar-refractivity contribution in [3.8, 4) is 0 Å². The molecule has 2 heterocycles. The van der Waals surface area contributed by atoms with Crippen molar-refractivity contribution in [1.82, 2.24) is 19.8 Å². The van der Waals surface area contributed by atoms with E-state index in [-0.39, 0.29) is 0 Å². The maximum absolute atomic E-state index is 4.84. The lowest BCUT2D eigenvalue weighted by Gasteiger charge is -2.36. The van der Waals surface area contributed by atoms with Crippen LogP contribution in [-0.4, -0.2) is 53.0 Å². The van der Waals surface area contributed by atoms with Gasteiger partial charge in [-0.1, -0.05) is 19.9 Å². The van der Waals surface area contributed by atoms with Gasteiger partial charge in [-0.2, -0.15) is 0 Å². The Labute approximate surface area is 127 Å². The molecule has 1 aliphatic rings. The third kappa shape index (κ3) is 2.97. The molecule has 1 N–H and O–H groups in total. The fourth-order valence-corrected chi connectivity index (χ4v) is 3.21. The average Bonchev–Trinajstić information content (AvgIpc) is 2.92.